The summed E-state index contributed by atoms with van der Waals surface area (Å²) in [6.07, 6.45) is 5.63. The Bertz CT molecular complexity index is 356. The van der Waals surface area contributed by atoms with E-state index in [0.29, 0.717) is 6.04 Å². The van der Waals surface area contributed by atoms with E-state index in [9.17, 15) is 5.11 Å². The number of rotatable bonds is 2. The molecule has 1 aromatic rings. The number of aromatic nitrogens is 1. The van der Waals surface area contributed by atoms with E-state index in [0.717, 1.165) is 16.6 Å². The quantitative estimate of drug-likeness (QED) is 0.863. The zero-order valence-corrected chi connectivity index (χ0v) is 11.0. The van der Waals surface area contributed by atoms with Gasteiger partial charge in [-0.05, 0) is 40.0 Å². The minimum Gasteiger partial charge on any atom is -0.385 e. The molecule has 1 aromatic heterocycles. The summed E-state index contributed by atoms with van der Waals surface area (Å²) in [5.41, 5.74) is -0.769. The van der Waals surface area contributed by atoms with Crippen LogP contribution in [0.3, 0.4) is 0 Å². The Morgan fingerprint density at radius 3 is 2.81 bits per heavy atom. The van der Waals surface area contributed by atoms with Gasteiger partial charge in [0.05, 0.1) is 10.5 Å². The molecule has 3 nitrogen and oxygen atoms in total. The molecule has 0 radical (unpaired) electrons. The highest BCUT2D eigenvalue weighted by Gasteiger charge is 2.24. The molecule has 16 heavy (non-hydrogen) atoms. The van der Waals surface area contributed by atoms with Crippen LogP contribution in [0.5, 0.6) is 0 Å². The van der Waals surface area contributed by atoms with Gasteiger partial charge in [0, 0.05) is 18.8 Å². The summed E-state index contributed by atoms with van der Waals surface area (Å²) in [5.74, 6) is 0. The van der Waals surface area contributed by atoms with Crippen molar-refractivity contribution in [2.45, 2.75) is 51.7 Å². The predicted molar refractivity (Wildman–Crippen MR) is 68.0 cm³/mol. The van der Waals surface area contributed by atoms with Gasteiger partial charge in [-0.25, -0.2) is 4.98 Å². The Kier molecular flexibility index (Phi) is 3.22. The van der Waals surface area contributed by atoms with Gasteiger partial charge in [0.2, 0.25) is 0 Å². The molecule has 0 saturated carbocycles. The number of nitrogens with zero attached hydrogens (tertiary/aromatic N) is 2. The lowest BCUT2D eigenvalue weighted by Crippen LogP contribution is -2.37. The van der Waals surface area contributed by atoms with Crippen LogP contribution < -0.4 is 4.90 Å². The van der Waals surface area contributed by atoms with Crippen molar-refractivity contribution < 1.29 is 5.11 Å². The standard InChI is InChI=1S/C12H20N2OS/c1-9-6-4-5-7-14(9)11-13-8-10(16-11)12(2,3)15/h8-9,15H,4-7H2,1-3H3. The Labute approximate surface area is 101 Å². The van der Waals surface area contributed by atoms with E-state index in [-0.39, 0.29) is 0 Å². The predicted octanol–water partition coefficient (Wildman–Crippen LogP) is 2.75. The van der Waals surface area contributed by atoms with Crippen molar-refractivity contribution in [1.29, 1.82) is 0 Å². The van der Waals surface area contributed by atoms with Crippen molar-refractivity contribution in [3.8, 4) is 0 Å². The van der Waals surface area contributed by atoms with Gasteiger partial charge < -0.3 is 10.0 Å². The van der Waals surface area contributed by atoms with Gasteiger partial charge in [0.1, 0.15) is 0 Å². The van der Waals surface area contributed by atoms with Crippen molar-refractivity contribution >= 4 is 16.5 Å². The van der Waals surface area contributed by atoms with E-state index in [1.54, 1.807) is 17.5 Å². The molecule has 0 bridgehead atoms. The second kappa shape index (κ2) is 4.34. The van der Waals surface area contributed by atoms with Gasteiger partial charge in [-0.1, -0.05) is 11.3 Å². The summed E-state index contributed by atoms with van der Waals surface area (Å²) in [4.78, 5) is 7.75. The number of anilines is 1. The SMILES string of the molecule is CC1CCCCN1c1ncc(C(C)(C)O)s1. The van der Waals surface area contributed by atoms with Gasteiger partial charge in [0.15, 0.2) is 5.13 Å². The topological polar surface area (TPSA) is 36.4 Å². The van der Waals surface area contributed by atoms with Crippen LogP contribution in [0, 0.1) is 0 Å². The average molecular weight is 240 g/mol. The highest BCUT2D eigenvalue weighted by Crippen LogP contribution is 2.33. The van der Waals surface area contributed by atoms with Crippen LogP contribution in [0.4, 0.5) is 5.13 Å². The molecule has 0 amide bonds. The molecule has 1 aliphatic rings. The number of aliphatic hydroxyl groups is 1. The second-order valence-electron chi connectivity index (χ2n) is 5.10. The number of piperidine rings is 1. The Hall–Kier alpha value is -0.610. The van der Waals surface area contributed by atoms with Crippen molar-refractivity contribution in [1.82, 2.24) is 4.98 Å². The molecule has 4 heteroatoms. The van der Waals surface area contributed by atoms with Crippen LogP contribution >= 0.6 is 11.3 Å². The molecule has 90 valence electrons. The first-order valence-electron chi connectivity index (χ1n) is 5.94. The molecule has 1 fully saturated rings. The fraction of sp³-hybridized carbons (Fsp3) is 0.750. The summed E-state index contributed by atoms with van der Waals surface area (Å²) in [6, 6.07) is 0.578. The Morgan fingerprint density at radius 1 is 1.50 bits per heavy atom. The van der Waals surface area contributed by atoms with Crippen LogP contribution in [0.1, 0.15) is 44.9 Å². The molecule has 0 aromatic carbocycles. The Morgan fingerprint density at radius 2 is 2.25 bits per heavy atom. The third-order valence-electron chi connectivity index (χ3n) is 3.15. The van der Waals surface area contributed by atoms with Crippen LogP contribution in [0.2, 0.25) is 0 Å². The smallest absolute Gasteiger partial charge is 0.185 e. The van der Waals surface area contributed by atoms with Crippen LogP contribution in [0.15, 0.2) is 6.20 Å². The minimum atomic E-state index is -0.769. The van der Waals surface area contributed by atoms with Gasteiger partial charge in [-0.15, -0.1) is 0 Å². The normalized spacial score (nSPS) is 22.5. The molecule has 1 saturated heterocycles. The van der Waals surface area contributed by atoms with Gasteiger partial charge in [-0.3, -0.25) is 0 Å². The molecule has 0 spiro atoms. The van der Waals surface area contributed by atoms with Gasteiger partial charge >= 0.3 is 0 Å². The molecule has 1 N–H and O–H groups in total. The third kappa shape index (κ3) is 2.38. The lowest BCUT2D eigenvalue weighted by Gasteiger charge is -2.33. The second-order valence-corrected chi connectivity index (χ2v) is 6.11. The molecule has 2 heterocycles. The first-order chi connectivity index (χ1) is 7.48. The van der Waals surface area contributed by atoms with E-state index in [1.165, 1.54) is 19.3 Å². The zero-order chi connectivity index (χ0) is 11.8. The maximum atomic E-state index is 9.92. The lowest BCUT2D eigenvalue weighted by molar-refractivity contribution is 0.0823. The third-order valence-corrected chi connectivity index (χ3v) is 4.49. The maximum absolute atomic E-state index is 9.92. The zero-order valence-electron chi connectivity index (χ0n) is 10.2. The fourth-order valence-corrected chi connectivity index (χ4v) is 3.11. The summed E-state index contributed by atoms with van der Waals surface area (Å²) < 4.78 is 0. The minimum absolute atomic E-state index is 0.578. The van der Waals surface area contributed by atoms with Crippen LogP contribution in [-0.2, 0) is 5.60 Å². The van der Waals surface area contributed by atoms with E-state index in [1.807, 2.05) is 13.8 Å². The number of hydrogen-bond donors (Lipinski definition) is 1. The van der Waals surface area contributed by atoms with Gasteiger partial charge in [0.25, 0.3) is 0 Å². The van der Waals surface area contributed by atoms with Crippen LogP contribution in [0.25, 0.3) is 0 Å². The lowest BCUT2D eigenvalue weighted by atomic mass is 10.1. The van der Waals surface area contributed by atoms with E-state index in [4.69, 9.17) is 0 Å². The molecule has 1 aliphatic heterocycles. The molecular weight excluding hydrogens is 220 g/mol. The fourth-order valence-electron chi connectivity index (χ4n) is 2.06. The van der Waals surface area contributed by atoms with Crippen molar-refractivity contribution in [2.75, 3.05) is 11.4 Å². The largest absolute Gasteiger partial charge is 0.385 e. The number of thiazole rings is 1. The molecular formula is C12H20N2OS. The first kappa shape index (κ1) is 11.9. The highest BCUT2D eigenvalue weighted by atomic mass is 32.1. The molecule has 2 rings (SSSR count). The molecule has 0 aliphatic carbocycles. The van der Waals surface area contributed by atoms with E-state index < -0.39 is 5.60 Å². The maximum Gasteiger partial charge on any atom is 0.185 e. The summed E-state index contributed by atoms with van der Waals surface area (Å²) in [5, 5.41) is 11.0. The van der Waals surface area contributed by atoms with Crippen molar-refractivity contribution in [3.05, 3.63) is 11.1 Å². The van der Waals surface area contributed by atoms with Crippen LogP contribution in [-0.4, -0.2) is 22.7 Å². The first-order valence-corrected chi connectivity index (χ1v) is 6.75. The van der Waals surface area contributed by atoms with Gasteiger partial charge in [-0.2, -0.15) is 0 Å². The average Bonchev–Trinajstić information content (AvgIpc) is 2.66. The van der Waals surface area contributed by atoms with Crippen molar-refractivity contribution in [3.63, 3.8) is 0 Å². The number of hydrogen-bond acceptors (Lipinski definition) is 4. The summed E-state index contributed by atoms with van der Waals surface area (Å²) in [6.45, 7) is 6.97. The summed E-state index contributed by atoms with van der Waals surface area (Å²) in [7, 11) is 0. The highest BCUT2D eigenvalue weighted by molar-refractivity contribution is 7.15. The summed E-state index contributed by atoms with van der Waals surface area (Å²) >= 11 is 1.61. The Balaban J connectivity index is 2.18. The van der Waals surface area contributed by atoms with Crippen molar-refractivity contribution in [2.24, 2.45) is 0 Å². The van der Waals surface area contributed by atoms with E-state index >= 15 is 0 Å². The molecule has 1 atom stereocenters. The monoisotopic (exact) mass is 240 g/mol. The van der Waals surface area contributed by atoms with E-state index in [2.05, 4.69) is 16.8 Å². The molecule has 1 unspecified atom stereocenters.